The number of sulfonamides is 1. The van der Waals surface area contributed by atoms with Crippen molar-refractivity contribution in [2.75, 3.05) is 37.0 Å². The van der Waals surface area contributed by atoms with Gasteiger partial charge in [0.2, 0.25) is 0 Å². The van der Waals surface area contributed by atoms with E-state index < -0.39 is 22.5 Å². The number of carbonyl (C=O) groups excluding carboxylic acids is 1. The first-order valence-electron chi connectivity index (χ1n) is 10.2. The van der Waals surface area contributed by atoms with E-state index in [1.807, 2.05) is 37.2 Å². The van der Waals surface area contributed by atoms with Gasteiger partial charge in [0.25, 0.3) is 15.9 Å². The van der Waals surface area contributed by atoms with Crippen molar-refractivity contribution in [2.24, 2.45) is 5.10 Å². The van der Waals surface area contributed by atoms with Crippen LogP contribution in [0, 0.1) is 0 Å². The molecule has 3 aromatic rings. The van der Waals surface area contributed by atoms with Crippen LogP contribution in [0.2, 0.25) is 0 Å². The number of amides is 1. The summed E-state index contributed by atoms with van der Waals surface area (Å²) in [5.41, 5.74) is 4.50. The quantitative estimate of drug-likeness (QED) is 0.326. The number of nitrogens with one attached hydrogen (secondary N) is 1. The molecule has 0 radical (unpaired) electrons. The molecule has 0 aromatic heterocycles. The van der Waals surface area contributed by atoms with Gasteiger partial charge in [-0.05, 0) is 70.0 Å². The third-order valence-electron chi connectivity index (χ3n) is 4.84. The third kappa shape index (κ3) is 6.15. The largest absolute Gasteiger partial charge is 0.497 e. The van der Waals surface area contributed by atoms with Gasteiger partial charge in [0.1, 0.15) is 12.3 Å². The van der Waals surface area contributed by atoms with Crippen molar-refractivity contribution in [3.05, 3.63) is 82.8 Å². The molecule has 0 heterocycles. The lowest BCUT2D eigenvalue weighted by Crippen LogP contribution is -2.39. The number of ether oxygens (including phenoxy) is 1. The standard InChI is InChI=1S/C24H25BrN4O4S/c1-28(2)23-14-9-18(15-22(23)25)16-26-27-24(30)17-29(19-10-12-20(33-3)13-11-19)34(31,32)21-7-5-4-6-8-21/h4-16H,17H2,1-3H3,(H,27,30)/b26-16-. The van der Waals surface area contributed by atoms with Gasteiger partial charge in [-0.25, -0.2) is 13.8 Å². The Morgan fingerprint density at radius 3 is 2.32 bits per heavy atom. The van der Waals surface area contributed by atoms with Gasteiger partial charge in [-0.1, -0.05) is 24.3 Å². The van der Waals surface area contributed by atoms with E-state index in [1.165, 1.54) is 25.5 Å². The smallest absolute Gasteiger partial charge is 0.264 e. The van der Waals surface area contributed by atoms with Crippen molar-refractivity contribution in [3.8, 4) is 5.75 Å². The van der Waals surface area contributed by atoms with Gasteiger partial charge in [-0.15, -0.1) is 0 Å². The molecule has 10 heteroatoms. The molecule has 0 atom stereocenters. The normalized spacial score (nSPS) is 11.3. The summed E-state index contributed by atoms with van der Waals surface area (Å²) in [4.78, 5) is 14.7. The maximum absolute atomic E-state index is 13.3. The lowest BCUT2D eigenvalue weighted by Gasteiger charge is -2.23. The molecule has 3 rings (SSSR count). The van der Waals surface area contributed by atoms with Gasteiger partial charge in [0, 0.05) is 18.6 Å². The highest BCUT2D eigenvalue weighted by atomic mass is 79.9. The number of hydrazone groups is 1. The number of methoxy groups -OCH3 is 1. The maximum Gasteiger partial charge on any atom is 0.264 e. The van der Waals surface area contributed by atoms with Crippen LogP contribution in [-0.4, -0.2) is 48.3 Å². The van der Waals surface area contributed by atoms with Gasteiger partial charge in [-0.2, -0.15) is 5.10 Å². The van der Waals surface area contributed by atoms with E-state index in [1.54, 1.807) is 42.5 Å². The van der Waals surface area contributed by atoms with Gasteiger partial charge in [0.15, 0.2) is 0 Å². The summed E-state index contributed by atoms with van der Waals surface area (Å²) in [6.07, 6.45) is 1.49. The van der Waals surface area contributed by atoms with Crippen LogP contribution < -0.4 is 19.4 Å². The fourth-order valence-electron chi connectivity index (χ4n) is 3.09. The van der Waals surface area contributed by atoms with Crippen LogP contribution in [0.5, 0.6) is 5.75 Å². The Labute approximate surface area is 208 Å². The number of carbonyl (C=O) groups is 1. The van der Waals surface area contributed by atoms with E-state index >= 15 is 0 Å². The average Bonchev–Trinajstić information content (AvgIpc) is 2.83. The zero-order valence-corrected chi connectivity index (χ0v) is 21.4. The SMILES string of the molecule is COc1ccc(N(CC(=O)N/N=C\c2ccc(N(C)C)c(Br)c2)S(=O)(=O)c2ccccc2)cc1. The number of rotatable bonds is 9. The number of halogens is 1. The highest BCUT2D eigenvalue weighted by Crippen LogP contribution is 2.26. The molecule has 0 aliphatic rings. The molecule has 1 N–H and O–H groups in total. The number of hydrogen-bond acceptors (Lipinski definition) is 6. The highest BCUT2D eigenvalue weighted by Gasteiger charge is 2.27. The number of hydrogen-bond donors (Lipinski definition) is 1. The Hall–Kier alpha value is -3.37. The van der Waals surface area contributed by atoms with E-state index in [-0.39, 0.29) is 4.90 Å². The first-order chi connectivity index (χ1) is 16.2. The Bertz CT molecular complexity index is 1260. The molecular formula is C24H25BrN4O4S. The zero-order valence-electron chi connectivity index (χ0n) is 19.0. The van der Waals surface area contributed by atoms with Crippen molar-refractivity contribution < 1.29 is 17.9 Å². The van der Waals surface area contributed by atoms with Crippen LogP contribution in [0.15, 0.2) is 87.3 Å². The van der Waals surface area contributed by atoms with Crippen molar-refractivity contribution >= 4 is 49.4 Å². The molecule has 0 saturated heterocycles. The molecule has 1 amide bonds. The zero-order chi connectivity index (χ0) is 24.7. The second-order valence-electron chi connectivity index (χ2n) is 7.42. The number of benzene rings is 3. The van der Waals surface area contributed by atoms with Crippen LogP contribution in [-0.2, 0) is 14.8 Å². The Kier molecular flexibility index (Phi) is 8.30. The van der Waals surface area contributed by atoms with Crippen molar-refractivity contribution in [3.63, 3.8) is 0 Å². The second kappa shape index (κ2) is 11.2. The van der Waals surface area contributed by atoms with Gasteiger partial charge < -0.3 is 9.64 Å². The first kappa shape index (κ1) is 25.3. The minimum atomic E-state index is -4.00. The molecular weight excluding hydrogens is 520 g/mol. The predicted octanol–water partition coefficient (Wildman–Crippen LogP) is 3.87. The van der Waals surface area contributed by atoms with Crippen LogP contribution in [0.1, 0.15) is 5.56 Å². The minimum absolute atomic E-state index is 0.0768. The summed E-state index contributed by atoms with van der Waals surface area (Å²) in [5.74, 6) is -0.0168. The molecule has 0 spiro atoms. The highest BCUT2D eigenvalue weighted by molar-refractivity contribution is 9.10. The Morgan fingerprint density at radius 2 is 1.74 bits per heavy atom. The van der Waals surface area contributed by atoms with E-state index in [0.29, 0.717) is 11.4 Å². The van der Waals surface area contributed by atoms with Crippen molar-refractivity contribution in [2.45, 2.75) is 4.90 Å². The number of anilines is 2. The van der Waals surface area contributed by atoms with Crippen LogP contribution >= 0.6 is 15.9 Å². The molecule has 0 unspecified atom stereocenters. The lowest BCUT2D eigenvalue weighted by molar-refractivity contribution is -0.119. The maximum atomic E-state index is 13.3. The van der Waals surface area contributed by atoms with E-state index in [4.69, 9.17) is 4.74 Å². The average molecular weight is 545 g/mol. The molecule has 0 saturated carbocycles. The monoisotopic (exact) mass is 544 g/mol. The van der Waals surface area contributed by atoms with Crippen LogP contribution in [0.25, 0.3) is 0 Å². The van der Waals surface area contributed by atoms with Crippen LogP contribution in [0.3, 0.4) is 0 Å². The molecule has 0 aliphatic carbocycles. The molecule has 178 valence electrons. The van der Waals surface area contributed by atoms with Crippen molar-refractivity contribution in [1.82, 2.24) is 5.43 Å². The molecule has 0 bridgehead atoms. The molecule has 8 nitrogen and oxygen atoms in total. The van der Waals surface area contributed by atoms with Gasteiger partial charge in [-0.3, -0.25) is 9.10 Å². The topological polar surface area (TPSA) is 91.3 Å². The first-order valence-corrected chi connectivity index (χ1v) is 12.5. The van der Waals surface area contributed by atoms with E-state index in [0.717, 1.165) is 20.0 Å². The fourth-order valence-corrected chi connectivity index (χ4v) is 5.29. The summed E-state index contributed by atoms with van der Waals surface area (Å²) < 4.78 is 33.7. The summed E-state index contributed by atoms with van der Waals surface area (Å²) in [6, 6.07) is 20.0. The Morgan fingerprint density at radius 1 is 1.06 bits per heavy atom. The minimum Gasteiger partial charge on any atom is -0.497 e. The summed E-state index contributed by atoms with van der Waals surface area (Å²) in [6.45, 7) is -0.454. The van der Waals surface area contributed by atoms with E-state index in [9.17, 15) is 13.2 Å². The van der Waals surface area contributed by atoms with Crippen molar-refractivity contribution in [1.29, 1.82) is 0 Å². The second-order valence-corrected chi connectivity index (χ2v) is 10.1. The molecule has 3 aromatic carbocycles. The molecule has 34 heavy (non-hydrogen) atoms. The summed E-state index contributed by atoms with van der Waals surface area (Å²) in [5, 5.41) is 3.99. The third-order valence-corrected chi connectivity index (χ3v) is 7.26. The molecule has 0 fully saturated rings. The summed E-state index contributed by atoms with van der Waals surface area (Å²) >= 11 is 3.51. The molecule has 0 aliphatic heterocycles. The summed E-state index contributed by atoms with van der Waals surface area (Å²) in [7, 11) is 1.40. The van der Waals surface area contributed by atoms with Crippen LogP contribution in [0.4, 0.5) is 11.4 Å². The van der Waals surface area contributed by atoms with E-state index in [2.05, 4.69) is 26.5 Å². The number of nitrogens with zero attached hydrogens (tertiary/aromatic N) is 3. The predicted molar refractivity (Wildman–Crippen MR) is 138 cm³/mol. The Balaban J connectivity index is 1.80. The van der Waals surface area contributed by atoms with Gasteiger partial charge in [0.05, 0.1) is 29.6 Å². The van der Waals surface area contributed by atoms with Gasteiger partial charge >= 0.3 is 0 Å². The lowest BCUT2D eigenvalue weighted by atomic mass is 10.2. The fraction of sp³-hybridized carbons (Fsp3) is 0.167.